The molecule has 1 spiro atoms. The summed E-state index contributed by atoms with van der Waals surface area (Å²) in [6.45, 7) is 2.15. The summed E-state index contributed by atoms with van der Waals surface area (Å²) in [5.41, 5.74) is 2.43. The van der Waals surface area contributed by atoms with Crippen LogP contribution in [0.3, 0.4) is 0 Å². The molecule has 2 aliphatic rings. The van der Waals surface area contributed by atoms with E-state index in [1.165, 1.54) is 20.9 Å². The van der Waals surface area contributed by atoms with Gasteiger partial charge in [-0.3, -0.25) is 0 Å². The number of fused-ring (bicyclic) bond motifs is 2. The fraction of sp³-hybridized carbons (Fsp3) is 0.125. The SMILES string of the molecule is CC1=Cc2ccccc2OC12Sc1ccccc1S2. The van der Waals surface area contributed by atoms with Crippen LogP contribution in [-0.4, -0.2) is 4.27 Å². The van der Waals surface area contributed by atoms with Crippen LogP contribution in [0.4, 0.5) is 0 Å². The lowest BCUT2D eigenvalue weighted by Gasteiger charge is -2.33. The number of benzene rings is 2. The van der Waals surface area contributed by atoms with Gasteiger partial charge in [-0.2, -0.15) is 0 Å². The van der Waals surface area contributed by atoms with Crippen molar-refractivity contribution in [1.29, 1.82) is 0 Å². The maximum absolute atomic E-state index is 6.33. The van der Waals surface area contributed by atoms with Crippen molar-refractivity contribution >= 4 is 29.6 Å². The van der Waals surface area contributed by atoms with E-state index in [2.05, 4.69) is 43.3 Å². The third-order valence-corrected chi connectivity index (χ3v) is 6.49. The fourth-order valence-corrected chi connectivity index (χ4v) is 5.24. The Morgan fingerprint density at radius 1 is 0.895 bits per heavy atom. The fourth-order valence-electron chi connectivity index (χ4n) is 2.37. The molecule has 2 aromatic rings. The van der Waals surface area contributed by atoms with Crippen molar-refractivity contribution in [3.8, 4) is 5.75 Å². The second kappa shape index (κ2) is 4.09. The molecule has 94 valence electrons. The van der Waals surface area contributed by atoms with Crippen LogP contribution in [0.25, 0.3) is 6.08 Å². The first-order chi connectivity index (χ1) is 9.27. The Bertz CT molecular complexity index is 666. The summed E-state index contributed by atoms with van der Waals surface area (Å²) in [4.78, 5) is 2.61. The van der Waals surface area contributed by atoms with Crippen molar-refractivity contribution in [3.63, 3.8) is 0 Å². The van der Waals surface area contributed by atoms with Gasteiger partial charge >= 0.3 is 0 Å². The van der Waals surface area contributed by atoms with Gasteiger partial charge in [-0.15, -0.1) is 0 Å². The van der Waals surface area contributed by atoms with Crippen LogP contribution in [-0.2, 0) is 0 Å². The molecule has 1 nitrogen and oxygen atoms in total. The van der Waals surface area contributed by atoms with Gasteiger partial charge in [0, 0.05) is 15.4 Å². The molecule has 0 aliphatic carbocycles. The molecule has 0 amide bonds. The molecule has 19 heavy (non-hydrogen) atoms. The molecule has 0 fully saturated rings. The minimum atomic E-state index is -0.321. The second-order valence-electron chi connectivity index (χ2n) is 4.67. The van der Waals surface area contributed by atoms with E-state index < -0.39 is 0 Å². The van der Waals surface area contributed by atoms with E-state index in [1.54, 1.807) is 23.5 Å². The largest absolute Gasteiger partial charge is 0.462 e. The van der Waals surface area contributed by atoms with E-state index in [1.807, 2.05) is 18.2 Å². The van der Waals surface area contributed by atoms with E-state index in [4.69, 9.17) is 4.74 Å². The first-order valence-corrected chi connectivity index (χ1v) is 7.84. The Hall–Kier alpha value is -1.32. The molecule has 0 unspecified atom stereocenters. The van der Waals surface area contributed by atoms with Crippen LogP contribution in [0.15, 0.2) is 63.9 Å². The third kappa shape index (κ3) is 1.72. The highest BCUT2D eigenvalue weighted by atomic mass is 32.2. The standard InChI is InChI=1S/C16H12OS2/c1-11-10-12-6-2-3-7-13(12)17-16(11)18-14-8-4-5-9-15(14)19-16/h2-10H,1H3. The number of hydrogen-bond acceptors (Lipinski definition) is 3. The zero-order valence-corrected chi connectivity index (χ0v) is 12.1. The van der Waals surface area contributed by atoms with Gasteiger partial charge in [-0.1, -0.05) is 53.9 Å². The van der Waals surface area contributed by atoms with E-state index >= 15 is 0 Å². The number of para-hydroxylation sites is 1. The zero-order valence-electron chi connectivity index (χ0n) is 10.4. The summed E-state index contributed by atoms with van der Waals surface area (Å²) in [6.07, 6.45) is 2.24. The van der Waals surface area contributed by atoms with Gasteiger partial charge < -0.3 is 4.74 Å². The van der Waals surface area contributed by atoms with Gasteiger partial charge in [0.25, 0.3) is 0 Å². The van der Waals surface area contributed by atoms with Crippen LogP contribution < -0.4 is 4.74 Å². The summed E-state index contributed by atoms with van der Waals surface area (Å²) in [5, 5.41) is 0. The molecule has 3 heteroatoms. The Kier molecular flexibility index (Phi) is 2.47. The quantitative estimate of drug-likeness (QED) is 0.671. The van der Waals surface area contributed by atoms with Gasteiger partial charge in [-0.25, -0.2) is 0 Å². The van der Waals surface area contributed by atoms with Gasteiger partial charge in [0.1, 0.15) is 5.75 Å². The molecule has 2 aliphatic heterocycles. The maximum atomic E-state index is 6.33. The summed E-state index contributed by atoms with van der Waals surface area (Å²) in [6, 6.07) is 16.7. The zero-order chi connectivity index (χ0) is 12.9. The highest BCUT2D eigenvalue weighted by Crippen LogP contribution is 2.61. The number of hydrogen-bond donors (Lipinski definition) is 0. The molecule has 0 saturated carbocycles. The van der Waals surface area contributed by atoms with Crippen molar-refractivity contribution in [2.75, 3.05) is 0 Å². The average molecular weight is 284 g/mol. The Morgan fingerprint density at radius 2 is 1.53 bits per heavy atom. The molecule has 0 atom stereocenters. The molecular weight excluding hydrogens is 272 g/mol. The topological polar surface area (TPSA) is 9.23 Å². The van der Waals surface area contributed by atoms with Gasteiger partial charge in [-0.05, 0) is 36.8 Å². The Balaban J connectivity index is 1.80. The smallest absolute Gasteiger partial charge is 0.232 e. The van der Waals surface area contributed by atoms with Crippen molar-refractivity contribution in [1.82, 2.24) is 0 Å². The third-order valence-electron chi connectivity index (χ3n) is 3.36. The normalized spacial score (nSPS) is 18.5. The molecule has 0 aromatic heterocycles. The number of rotatable bonds is 0. The van der Waals surface area contributed by atoms with Gasteiger partial charge in [0.2, 0.25) is 4.27 Å². The first-order valence-electron chi connectivity index (χ1n) is 6.21. The number of ether oxygens (including phenoxy) is 1. The van der Waals surface area contributed by atoms with E-state index in [-0.39, 0.29) is 4.27 Å². The Labute approximate surface area is 121 Å². The molecule has 0 saturated heterocycles. The molecule has 0 radical (unpaired) electrons. The van der Waals surface area contributed by atoms with Crippen LogP contribution in [0.2, 0.25) is 0 Å². The summed E-state index contributed by atoms with van der Waals surface area (Å²) in [5.74, 6) is 0.973. The van der Waals surface area contributed by atoms with Crippen LogP contribution in [0, 0.1) is 0 Å². The molecule has 2 heterocycles. The molecule has 0 bridgehead atoms. The molecular formula is C16H12OS2. The summed E-state index contributed by atoms with van der Waals surface area (Å²) in [7, 11) is 0. The lowest BCUT2D eigenvalue weighted by atomic mass is 10.1. The minimum Gasteiger partial charge on any atom is -0.462 e. The van der Waals surface area contributed by atoms with E-state index in [0.717, 1.165) is 5.75 Å². The van der Waals surface area contributed by atoms with Crippen molar-refractivity contribution in [2.24, 2.45) is 0 Å². The highest BCUT2D eigenvalue weighted by Gasteiger charge is 2.45. The van der Waals surface area contributed by atoms with Gasteiger partial charge in [0.05, 0.1) is 0 Å². The van der Waals surface area contributed by atoms with Crippen molar-refractivity contribution in [2.45, 2.75) is 21.0 Å². The predicted octanol–water partition coefficient (Wildman–Crippen LogP) is 5.03. The highest BCUT2D eigenvalue weighted by molar-refractivity contribution is 8.20. The van der Waals surface area contributed by atoms with E-state index in [0.29, 0.717) is 0 Å². The molecule has 0 N–H and O–H groups in total. The summed E-state index contributed by atoms with van der Waals surface area (Å²) >= 11 is 3.61. The van der Waals surface area contributed by atoms with Crippen LogP contribution >= 0.6 is 23.5 Å². The van der Waals surface area contributed by atoms with E-state index in [9.17, 15) is 0 Å². The first kappa shape index (κ1) is 11.5. The lowest BCUT2D eigenvalue weighted by molar-refractivity contribution is 0.288. The predicted molar refractivity (Wildman–Crippen MR) is 81.6 cm³/mol. The van der Waals surface area contributed by atoms with Crippen LogP contribution in [0.5, 0.6) is 5.75 Å². The summed E-state index contributed by atoms with van der Waals surface area (Å²) < 4.78 is 6.01. The monoisotopic (exact) mass is 284 g/mol. The minimum absolute atomic E-state index is 0.321. The second-order valence-corrected chi connectivity index (χ2v) is 7.37. The van der Waals surface area contributed by atoms with Crippen molar-refractivity contribution < 1.29 is 4.74 Å². The maximum Gasteiger partial charge on any atom is 0.232 e. The lowest BCUT2D eigenvalue weighted by Crippen LogP contribution is -2.29. The number of thioether (sulfide) groups is 2. The molecule has 2 aromatic carbocycles. The average Bonchev–Trinajstić information content (AvgIpc) is 2.79. The van der Waals surface area contributed by atoms with Gasteiger partial charge in [0.15, 0.2) is 0 Å². The molecule has 4 rings (SSSR count). The van der Waals surface area contributed by atoms with Crippen LogP contribution in [0.1, 0.15) is 12.5 Å². The van der Waals surface area contributed by atoms with Crippen molar-refractivity contribution in [3.05, 3.63) is 59.7 Å². The Morgan fingerprint density at radius 3 is 2.26 bits per heavy atom.